The van der Waals surface area contributed by atoms with Gasteiger partial charge in [-0.1, -0.05) is 30.0 Å². The fourth-order valence-corrected chi connectivity index (χ4v) is 2.67. The number of pyridine rings is 2. The van der Waals surface area contributed by atoms with E-state index in [1.165, 1.54) is 0 Å². The fraction of sp³-hybridized carbons (Fsp3) is 0. The van der Waals surface area contributed by atoms with E-state index in [2.05, 4.69) is 9.97 Å². The number of anilines is 1. The summed E-state index contributed by atoms with van der Waals surface area (Å²) in [6.45, 7) is 0. The van der Waals surface area contributed by atoms with Crippen LogP contribution < -0.4 is 5.73 Å². The zero-order valence-electron chi connectivity index (χ0n) is 9.58. The lowest BCUT2D eigenvalue weighted by atomic mass is 10.2. The van der Waals surface area contributed by atoms with Gasteiger partial charge in [-0.15, -0.1) is 0 Å². The molecule has 3 aromatic rings. The predicted octanol–water partition coefficient (Wildman–Crippen LogP) is 3.36. The van der Waals surface area contributed by atoms with Crippen molar-refractivity contribution in [3.63, 3.8) is 0 Å². The van der Waals surface area contributed by atoms with Crippen molar-refractivity contribution >= 4 is 28.4 Å². The van der Waals surface area contributed by atoms with Crippen molar-refractivity contribution in [2.24, 2.45) is 0 Å². The zero-order chi connectivity index (χ0) is 12.4. The molecule has 2 heterocycles. The molecule has 0 radical (unpaired) electrons. The number of nitrogens with zero attached hydrogens (tertiary/aromatic N) is 2. The van der Waals surface area contributed by atoms with E-state index in [0.29, 0.717) is 5.69 Å². The van der Waals surface area contributed by atoms with Gasteiger partial charge in [0.1, 0.15) is 5.03 Å². The number of rotatable bonds is 2. The van der Waals surface area contributed by atoms with Gasteiger partial charge in [0.05, 0.1) is 11.2 Å². The average molecular weight is 253 g/mol. The molecule has 0 aliphatic carbocycles. The van der Waals surface area contributed by atoms with E-state index >= 15 is 0 Å². The first kappa shape index (κ1) is 11.0. The van der Waals surface area contributed by atoms with Gasteiger partial charge in [0, 0.05) is 22.7 Å². The Morgan fingerprint density at radius 2 is 1.83 bits per heavy atom. The Kier molecular flexibility index (Phi) is 2.86. The Hall–Kier alpha value is -2.07. The average Bonchev–Trinajstić information content (AvgIpc) is 2.41. The van der Waals surface area contributed by atoms with Crippen LogP contribution in [0.5, 0.6) is 0 Å². The van der Waals surface area contributed by atoms with Crippen LogP contribution in [-0.4, -0.2) is 9.97 Å². The van der Waals surface area contributed by atoms with E-state index in [4.69, 9.17) is 5.73 Å². The minimum Gasteiger partial charge on any atom is -0.397 e. The van der Waals surface area contributed by atoms with Crippen LogP contribution in [-0.2, 0) is 0 Å². The van der Waals surface area contributed by atoms with Crippen molar-refractivity contribution in [3.8, 4) is 0 Å². The van der Waals surface area contributed by atoms with Crippen molar-refractivity contribution in [2.75, 3.05) is 5.73 Å². The SMILES string of the molecule is Nc1cccc2c(Sc3ccccn3)ccnc12. The Morgan fingerprint density at radius 1 is 0.889 bits per heavy atom. The molecule has 4 heteroatoms. The molecule has 0 amide bonds. The third kappa shape index (κ3) is 2.02. The van der Waals surface area contributed by atoms with E-state index in [9.17, 15) is 0 Å². The summed E-state index contributed by atoms with van der Waals surface area (Å²) in [5, 5.41) is 2.03. The molecule has 0 aliphatic heterocycles. The number of aromatic nitrogens is 2. The predicted molar refractivity (Wildman–Crippen MR) is 74.5 cm³/mol. The highest BCUT2D eigenvalue weighted by Gasteiger charge is 2.06. The first-order chi connectivity index (χ1) is 8.84. The lowest BCUT2D eigenvalue weighted by molar-refractivity contribution is 1.13. The summed E-state index contributed by atoms with van der Waals surface area (Å²) < 4.78 is 0. The van der Waals surface area contributed by atoms with Crippen LogP contribution in [0.25, 0.3) is 10.9 Å². The molecule has 0 saturated carbocycles. The second-order valence-corrected chi connectivity index (χ2v) is 4.88. The smallest absolute Gasteiger partial charge is 0.101 e. The van der Waals surface area contributed by atoms with Gasteiger partial charge in [-0.2, -0.15) is 0 Å². The Labute approximate surface area is 109 Å². The number of hydrogen-bond acceptors (Lipinski definition) is 4. The normalized spacial score (nSPS) is 10.7. The zero-order valence-corrected chi connectivity index (χ0v) is 10.4. The number of benzene rings is 1. The molecule has 0 aliphatic rings. The maximum atomic E-state index is 5.93. The summed E-state index contributed by atoms with van der Waals surface area (Å²) in [6, 6.07) is 13.7. The van der Waals surface area contributed by atoms with Crippen molar-refractivity contribution in [1.82, 2.24) is 9.97 Å². The molecule has 1 aromatic carbocycles. The van der Waals surface area contributed by atoms with Crippen LogP contribution in [0.3, 0.4) is 0 Å². The van der Waals surface area contributed by atoms with E-state index in [-0.39, 0.29) is 0 Å². The molecular weight excluding hydrogens is 242 g/mol. The highest BCUT2D eigenvalue weighted by Crippen LogP contribution is 2.32. The van der Waals surface area contributed by atoms with Gasteiger partial charge in [0.2, 0.25) is 0 Å². The van der Waals surface area contributed by atoms with Gasteiger partial charge in [0.25, 0.3) is 0 Å². The van der Waals surface area contributed by atoms with Crippen LogP contribution in [0.4, 0.5) is 5.69 Å². The molecule has 0 saturated heterocycles. The fourth-order valence-electron chi connectivity index (χ4n) is 1.78. The quantitative estimate of drug-likeness (QED) is 0.711. The van der Waals surface area contributed by atoms with Crippen molar-refractivity contribution in [3.05, 3.63) is 54.9 Å². The molecule has 2 aromatic heterocycles. The van der Waals surface area contributed by atoms with Crippen molar-refractivity contribution < 1.29 is 0 Å². The van der Waals surface area contributed by atoms with E-state index in [1.807, 2.05) is 42.5 Å². The Morgan fingerprint density at radius 3 is 2.67 bits per heavy atom. The topological polar surface area (TPSA) is 51.8 Å². The Bertz CT molecular complexity index is 683. The van der Waals surface area contributed by atoms with Crippen LogP contribution in [0.15, 0.2) is 64.8 Å². The standard InChI is InChI=1S/C14H11N3S/c15-11-5-3-4-10-12(7-9-17-14(10)11)18-13-6-1-2-8-16-13/h1-9H,15H2. The summed E-state index contributed by atoms with van der Waals surface area (Å²) in [5.74, 6) is 0. The molecule has 0 spiro atoms. The van der Waals surface area contributed by atoms with Gasteiger partial charge < -0.3 is 5.73 Å². The second-order valence-electron chi connectivity index (χ2n) is 3.82. The van der Waals surface area contributed by atoms with Gasteiger partial charge in [-0.05, 0) is 24.3 Å². The number of nitrogens with two attached hydrogens (primary N) is 1. The lowest BCUT2D eigenvalue weighted by Gasteiger charge is -2.06. The molecule has 0 bridgehead atoms. The summed E-state index contributed by atoms with van der Waals surface area (Å²) >= 11 is 1.62. The summed E-state index contributed by atoms with van der Waals surface area (Å²) in [4.78, 5) is 9.76. The number of nitrogen functional groups attached to an aromatic ring is 1. The molecule has 88 valence electrons. The van der Waals surface area contributed by atoms with Crippen molar-refractivity contribution in [2.45, 2.75) is 9.92 Å². The molecule has 2 N–H and O–H groups in total. The second kappa shape index (κ2) is 4.66. The number of para-hydroxylation sites is 1. The van der Waals surface area contributed by atoms with Gasteiger partial charge in [-0.3, -0.25) is 4.98 Å². The number of hydrogen-bond donors (Lipinski definition) is 1. The molecule has 3 nitrogen and oxygen atoms in total. The maximum absolute atomic E-state index is 5.93. The van der Waals surface area contributed by atoms with E-state index < -0.39 is 0 Å². The van der Waals surface area contributed by atoms with Crippen LogP contribution >= 0.6 is 11.8 Å². The van der Waals surface area contributed by atoms with Gasteiger partial charge in [-0.25, -0.2) is 4.98 Å². The summed E-state index contributed by atoms with van der Waals surface area (Å²) in [5.41, 5.74) is 7.48. The largest absolute Gasteiger partial charge is 0.397 e. The van der Waals surface area contributed by atoms with Crippen molar-refractivity contribution in [1.29, 1.82) is 0 Å². The first-order valence-electron chi connectivity index (χ1n) is 5.57. The third-order valence-electron chi connectivity index (χ3n) is 2.61. The number of fused-ring (bicyclic) bond motifs is 1. The lowest BCUT2D eigenvalue weighted by Crippen LogP contribution is -1.90. The summed E-state index contributed by atoms with van der Waals surface area (Å²) in [6.07, 6.45) is 3.57. The van der Waals surface area contributed by atoms with Crippen LogP contribution in [0.2, 0.25) is 0 Å². The highest BCUT2D eigenvalue weighted by atomic mass is 32.2. The monoisotopic (exact) mass is 253 g/mol. The molecule has 0 fully saturated rings. The van der Waals surface area contributed by atoms with Crippen LogP contribution in [0.1, 0.15) is 0 Å². The Balaban J connectivity index is 2.10. The van der Waals surface area contributed by atoms with E-state index in [0.717, 1.165) is 20.8 Å². The third-order valence-corrected chi connectivity index (χ3v) is 3.64. The van der Waals surface area contributed by atoms with E-state index in [1.54, 1.807) is 24.2 Å². The molecular formula is C14H11N3S. The van der Waals surface area contributed by atoms with Gasteiger partial charge in [0.15, 0.2) is 0 Å². The minimum atomic E-state index is 0.705. The highest BCUT2D eigenvalue weighted by molar-refractivity contribution is 7.99. The first-order valence-corrected chi connectivity index (χ1v) is 6.38. The maximum Gasteiger partial charge on any atom is 0.101 e. The molecule has 0 atom stereocenters. The molecule has 3 rings (SSSR count). The van der Waals surface area contributed by atoms with Crippen LogP contribution in [0, 0.1) is 0 Å². The molecule has 18 heavy (non-hydrogen) atoms. The minimum absolute atomic E-state index is 0.705. The van der Waals surface area contributed by atoms with Gasteiger partial charge >= 0.3 is 0 Å². The molecule has 0 unspecified atom stereocenters. The summed E-state index contributed by atoms with van der Waals surface area (Å²) in [7, 11) is 0.